The molecule has 0 amide bonds. The van der Waals surface area contributed by atoms with Crippen LogP contribution in [-0.4, -0.2) is 39.4 Å². The molecule has 1 aromatic heterocycles. The molecular weight excluding hydrogens is 461 g/mol. The molecule has 37 heavy (non-hydrogen) atoms. The molecule has 0 bridgehead atoms. The van der Waals surface area contributed by atoms with Crippen LogP contribution in [0.15, 0.2) is 12.5 Å². The summed E-state index contributed by atoms with van der Waals surface area (Å²) >= 11 is 0. The minimum atomic E-state index is -0.965. The molecule has 0 aromatic carbocycles. The lowest BCUT2D eigenvalue weighted by Crippen LogP contribution is -2.71. The first-order valence-electron chi connectivity index (χ1n) is 15.7. The molecule has 210 valence electrons. The second kappa shape index (κ2) is 10.6. The first-order valence-corrected chi connectivity index (χ1v) is 15.7. The third kappa shape index (κ3) is 4.83. The second-order valence-electron chi connectivity index (χ2n) is 14.6. The summed E-state index contributed by atoms with van der Waals surface area (Å²) in [6.07, 6.45) is 15.6. The van der Waals surface area contributed by atoms with E-state index in [4.69, 9.17) is 0 Å². The van der Waals surface area contributed by atoms with Crippen molar-refractivity contribution >= 4 is 0 Å². The van der Waals surface area contributed by atoms with Gasteiger partial charge in [0.2, 0.25) is 0 Å². The van der Waals surface area contributed by atoms with Gasteiger partial charge in [-0.1, -0.05) is 53.9 Å². The lowest BCUT2D eigenvalue weighted by molar-refractivity contribution is -0.228. The van der Waals surface area contributed by atoms with E-state index < -0.39 is 11.8 Å². The van der Waals surface area contributed by atoms with Crippen molar-refractivity contribution in [1.82, 2.24) is 15.3 Å². The highest BCUT2D eigenvalue weighted by molar-refractivity contribution is 5.19. The van der Waals surface area contributed by atoms with Gasteiger partial charge in [0, 0.05) is 37.0 Å². The van der Waals surface area contributed by atoms with Crippen molar-refractivity contribution in [3.63, 3.8) is 0 Å². The maximum Gasteiger partial charge on any atom is 0.103 e. The van der Waals surface area contributed by atoms with Gasteiger partial charge in [0.1, 0.15) is 6.17 Å². The van der Waals surface area contributed by atoms with Crippen molar-refractivity contribution < 1.29 is 9.50 Å². The molecule has 0 radical (unpaired) electrons. The van der Waals surface area contributed by atoms with E-state index in [1.807, 2.05) is 6.20 Å². The average Bonchev–Trinajstić information content (AvgIpc) is 3.48. The molecule has 5 heteroatoms. The molecule has 0 saturated heterocycles. The first kappa shape index (κ1) is 27.6. The molecule has 4 aliphatic carbocycles. The van der Waals surface area contributed by atoms with Gasteiger partial charge in [-0.2, -0.15) is 0 Å². The van der Waals surface area contributed by atoms with Crippen LogP contribution >= 0.6 is 0 Å². The van der Waals surface area contributed by atoms with E-state index >= 15 is 0 Å². The van der Waals surface area contributed by atoms with E-state index in [-0.39, 0.29) is 11.5 Å². The van der Waals surface area contributed by atoms with E-state index in [1.54, 1.807) is 6.33 Å². The van der Waals surface area contributed by atoms with Gasteiger partial charge in [0.15, 0.2) is 0 Å². The smallest absolute Gasteiger partial charge is 0.103 e. The van der Waals surface area contributed by atoms with Crippen molar-refractivity contribution in [2.45, 2.75) is 129 Å². The predicted molar refractivity (Wildman–Crippen MR) is 149 cm³/mol. The van der Waals surface area contributed by atoms with E-state index in [0.29, 0.717) is 30.1 Å². The SMILES string of the molecule is CC(C)CCC[C@@H](C)[C@H]1CC[C@H]2[C@@H]3C[C@@H](NCCc4c[nH]cn4)[C@@]4(O)C[C@@H](F)CC[C@]4(C)[C@H]3CC[C@]12C. The summed E-state index contributed by atoms with van der Waals surface area (Å²) in [7, 11) is 0. The van der Waals surface area contributed by atoms with Gasteiger partial charge in [-0.15, -0.1) is 0 Å². The highest BCUT2D eigenvalue weighted by atomic mass is 19.1. The Labute approximate surface area is 225 Å². The van der Waals surface area contributed by atoms with Crippen LogP contribution in [0.2, 0.25) is 0 Å². The Bertz CT molecular complexity index is 891. The molecule has 4 nitrogen and oxygen atoms in total. The summed E-state index contributed by atoms with van der Waals surface area (Å²) in [6.45, 7) is 13.0. The van der Waals surface area contributed by atoms with E-state index in [9.17, 15) is 9.50 Å². The number of aromatic nitrogens is 2. The molecule has 0 unspecified atom stereocenters. The summed E-state index contributed by atoms with van der Waals surface area (Å²) in [5, 5.41) is 16.1. The Morgan fingerprint density at radius 3 is 2.65 bits per heavy atom. The lowest BCUT2D eigenvalue weighted by Gasteiger charge is -2.66. The number of H-pyrrole nitrogens is 1. The molecular formula is C32H54FN3O. The molecule has 1 aromatic rings. The molecule has 3 N–H and O–H groups in total. The van der Waals surface area contributed by atoms with Crippen molar-refractivity contribution in [2.75, 3.05) is 6.54 Å². The second-order valence-corrected chi connectivity index (χ2v) is 14.6. The van der Waals surface area contributed by atoms with Crippen molar-refractivity contribution in [2.24, 2.45) is 46.3 Å². The van der Waals surface area contributed by atoms with E-state index in [0.717, 1.165) is 55.2 Å². The van der Waals surface area contributed by atoms with E-state index in [2.05, 4.69) is 49.9 Å². The highest BCUT2D eigenvalue weighted by Gasteiger charge is 2.67. The summed E-state index contributed by atoms with van der Waals surface area (Å²) in [6, 6.07) is -0.0406. The third-order valence-electron chi connectivity index (χ3n) is 12.4. The fourth-order valence-corrected chi connectivity index (χ4v) is 10.3. The van der Waals surface area contributed by atoms with Crippen LogP contribution in [0.5, 0.6) is 0 Å². The van der Waals surface area contributed by atoms with Crippen molar-refractivity contribution in [3.8, 4) is 0 Å². The summed E-state index contributed by atoms with van der Waals surface area (Å²) < 4.78 is 14.9. The molecule has 4 fully saturated rings. The monoisotopic (exact) mass is 515 g/mol. The Morgan fingerprint density at radius 2 is 1.92 bits per heavy atom. The van der Waals surface area contributed by atoms with Gasteiger partial charge < -0.3 is 15.4 Å². The molecule has 0 spiro atoms. The van der Waals surface area contributed by atoms with Gasteiger partial charge in [0.25, 0.3) is 0 Å². The fraction of sp³-hybridized carbons (Fsp3) is 0.906. The molecule has 0 aliphatic heterocycles. The van der Waals surface area contributed by atoms with Gasteiger partial charge in [-0.3, -0.25) is 0 Å². The Balaban J connectivity index is 1.36. The summed E-state index contributed by atoms with van der Waals surface area (Å²) in [5.74, 6) is 4.31. The van der Waals surface area contributed by atoms with Gasteiger partial charge in [0.05, 0.1) is 17.6 Å². The Morgan fingerprint density at radius 1 is 1.11 bits per heavy atom. The highest BCUT2D eigenvalue weighted by Crippen LogP contribution is 2.69. The van der Waals surface area contributed by atoms with Crippen LogP contribution in [0.4, 0.5) is 4.39 Å². The maximum atomic E-state index is 14.9. The summed E-state index contributed by atoms with van der Waals surface area (Å²) in [5.41, 5.74) is 0.289. The minimum absolute atomic E-state index is 0.0406. The zero-order valence-corrected chi connectivity index (χ0v) is 24.2. The molecule has 1 heterocycles. The number of hydrogen-bond donors (Lipinski definition) is 3. The lowest BCUT2D eigenvalue weighted by atomic mass is 9.42. The number of nitrogens with one attached hydrogen (secondary N) is 2. The normalized spacial score (nSPS) is 44.3. The topological polar surface area (TPSA) is 60.9 Å². The van der Waals surface area contributed by atoms with E-state index in [1.165, 1.54) is 44.9 Å². The number of fused-ring (bicyclic) bond motifs is 5. The maximum absolute atomic E-state index is 14.9. The molecule has 4 aliphatic rings. The zero-order valence-electron chi connectivity index (χ0n) is 24.2. The Hall–Kier alpha value is -0.940. The van der Waals surface area contributed by atoms with Gasteiger partial charge in [-0.05, 0) is 85.9 Å². The largest absolute Gasteiger partial charge is 0.388 e. The predicted octanol–water partition coefficient (Wildman–Crippen LogP) is 7.09. The first-order chi connectivity index (χ1) is 17.6. The quantitative estimate of drug-likeness (QED) is 0.329. The number of nitrogens with zero attached hydrogens (tertiary/aromatic N) is 1. The van der Waals surface area contributed by atoms with Crippen LogP contribution in [0.25, 0.3) is 0 Å². The van der Waals surface area contributed by atoms with Crippen LogP contribution in [0.3, 0.4) is 0 Å². The van der Waals surface area contributed by atoms with Crippen LogP contribution in [0.1, 0.15) is 111 Å². The average molecular weight is 516 g/mol. The Kier molecular flexibility index (Phi) is 7.88. The zero-order chi connectivity index (χ0) is 26.4. The summed E-state index contributed by atoms with van der Waals surface area (Å²) in [4.78, 5) is 7.42. The third-order valence-corrected chi connectivity index (χ3v) is 12.4. The van der Waals surface area contributed by atoms with Gasteiger partial charge in [-0.25, -0.2) is 9.37 Å². The molecule has 5 rings (SSSR count). The van der Waals surface area contributed by atoms with Gasteiger partial charge >= 0.3 is 0 Å². The number of aromatic amines is 1. The number of alkyl halides is 1. The number of hydrogen-bond acceptors (Lipinski definition) is 3. The standard InChI is InChI=1S/C32H54FN3O/c1-21(2)7-6-8-22(3)26-9-10-27-25-17-29(35-16-13-24-19-34-20-36-24)32(37)18-23(33)11-15-31(32,5)28(25)12-14-30(26,27)4/h19-23,25-29,35,37H,6-18H2,1-5H3,(H,34,36)/t22-,23+,25+,26-,27+,28+,29-,30-,31-,32+/m1/s1. The molecule has 4 saturated carbocycles. The fourth-order valence-electron chi connectivity index (χ4n) is 10.3. The van der Waals surface area contributed by atoms with Crippen LogP contribution in [-0.2, 0) is 6.42 Å². The number of imidazole rings is 1. The van der Waals surface area contributed by atoms with Crippen molar-refractivity contribution in [3.05, 3.63) is 18.2 Å². The van der Waals surface area contributed by atoms with Crippen LogP contribution in [0, 0.1) is 46.3 Å². The number of aliphatic hydroxyl groups is 1. The number of rotatable bonds is 9. The molecule has 10 atom stereocenters. The van der Waals surface area contributed by atoms with Crippen LogP contribution < -0.4 is 5.32 Å². The minimum Gasteiger partial charge on any atom is -0.388 e. The van der Waals surface area contributed by atoms with Crippen molar-refractivity contribution in [1.29, 1.82) is 0 Å². The number of halogens is 1.